The van der Waals surface area contributed by atoms with Crippen LogP contribution in [0.2, 0.25) is 0 Å². The quantitative estimate of drug-likeness (QED) is 0.797. The second kappa shape index (κ2) is 6.14. The van der Waals surface area contributed by atoms with Gasteiger partial charge in [-0.3, -0.25) is 9.59 Å². The number of benzene rings is 2. The van der Waals surface area contributed by atoms with Crippen LogP contribution in [0.4, 0.5) is 0 Å². The monoisotopic (exact) mass is 294 g/mol. The van der Waals surface area contributed by atoms with Crippen LogP contribution in [0.5, 0.6) is 11.5 Å². The summed E-state index contributed by atoms with van der Waals surface area (Å²) < 4.78 is 5.85. The second-order valence-corrected chi connectivity index (χ2v) is 5.85. The Morgan fingerprint density at radius 1 is 0.909 bits per heavy atom. The van der Waals surface area contributed by atoms with Crippen LogP contribution in [0.25, 0.3) is 0 Å². The zero-order valence-corrected chi connectivity index (χ0v) is 12.5. The van der Waals surface area contributed by atoms with Crippen molar-refractivity contribution in [3.63, 3.8) is 0 Å². The first-order valence-corrected chi connectivity index (χ1v) is 7.48. The van der Waals surface area contributed by atoms with Crippen LogP contribution in [-0.2, 0) is 9.59 Å². The summed E-state index contributed by atoms with van der Waals surface area (Å²) in [5.74, 6) is 1.55. The van der Waals surface area contributed by atoms with Crippen LogP contribution in [-0.4, -0.2) is 11.6 Å². The predicted octanol–water partition coefficient (Wildman–Crippen LogP) is 4.19. The van der Waals surface area contributed by atoms with Crippen molar-refractivity contribution in [3.8, 4) is 11.5 Å². The van der Waals surface area contributed by atoms with Gasteiger partial charge in [-0.1, -0.05) is 29.8 Å². The van der Waals surface area contributed by atoms with Crippen LogP contribution in [0.1, 0.15) is 36.3 Å². The molecular formula is C19H18O3. The molecular weight excluding hydrogens is 276 g/mol. The molecule has 22 heavy (non-hydrogen) atoms. The summed E-state index contributed by atoms with van der Waals surface area (Å²) in [6.07, 6.45) is 0.982. The van der Waals surface area contributed by atoms with E-state index in [0.717, 1.165) is 17.1 Å². The van der Waals surface area contributed by atoms with E-state index in [-0.39, 0.29) is 23.9 Å². The number of hydrogen-bond donors (Lipinski definition) is 0. The maximum absolute atomic E-state index is 11.6. The summed E-state index contributed by atoms with van der Waals surface area (Å²) in [5.41, 5.74) is 2.17. The van der Waals surface area contributed by atoms with E-state index in [1.54, 1.807) is 0 Å². The third kappa shape index (κ3) is 3.42. The lowest BCUT2D eigenvalue weighted by atomic mass is 9.82. The molecule has 0 N–H and O–H groups in total. The van der Waals surface area contributed by atoms with E-state index >= 15 is 0 Å². The molecule has 0 heterocycles. The van der Waals surface area contributed by atoms with E-state index < -0.39 is 0 Å². The summed E-state index contributed by atoms with van der Waals surface area (Å²) in [7, 11) is 0. The van der Waals surface area contributed by atoms with Gasteiger partial charge in [-0.05, 0) is 42.7 Å². The smallest absolute Gasteiger partial charge is 0.140 e. The fraction of sp³-hybridized carbons (Fsp3) is 0.263. The molecule has 0 aliphatic heterocycles. The molecule has 0 radical (unpaired) electrons. The number of hydrogen-bond acceptors (Lipinski definition) is 3. The van der Waals surface area contributed by atoms with E-state index in [0.29, 0.717) is 12.8 Å². The molecule has 0 aromatic heterocycles. The summed E-state index contributed by atoms with van der Waals surface area (Å²) in [6.45, 7) is 2.03. The molecule has 1 aliphatic carbocycles. The Morgan fingerprint density at radius 3 is 2.27 bits per heavy atom. The van der Waals surface area contributed by atoms with Gasteiger partial charge in [0.15, 0.2) is 0 Å². The van der Waals surface area contributed by atoms with Crippen molar-refractivity contribution in [3.05, 3.63) is 59.7 Å². The summed E-state index contributed by atoms with van der Waals surface area (Å²) in [6, 6.07) is 15.5. The molecule has 1 saturated carbocycles. The second-order valence-electron chi connectivity index (χ2n) is 5.85. The molecule has 0 unspecified atom stereocenters. The Hall–Kier alpha value is -2.42. The highest BCUT2D eigenvalue weighted by atomic mass is 16.5. The maximum atomic E-state index is 11.6. The number of ketones is 2. The molecule has 2 aromatic rings. The Kier molecular flexibility index (Phi) is 4.05. The third-order valence-electron chi connectivity index (χ3n) is 3.93. The first kappa shape index (κ1) is 14.5. The SMILES string of the molecule is Cc1ccc(Oc2cccc(C3CC(=O)CC(=O)C3)c2)cc1. The third-order valence-corrected chi connectivity index (χ3v) is 3.93. The number of carbonyl (C=O) groups excluding carboxylic acids is 2. The van der Waals surface area contributed by atoms with Crippen LogP contribution in [0, 0.1) is 6.92 Å². The molecule has 2 aromatic carbocycles. The minimum atomic E-state index is -0.0182. The zero-order valence-electron chi connectivity index (χ0n) is 12.5. The van der Waals surface area contributed by atoms with E-state index in [1.165, 1.54) is 5.56 Å². The van der Waals surface area contributed by atoms with E-state index in [1.807, 2.05) is 55.5 Å². The zero-order chi connectivity index (χ0) is 15.5. The lowest BCUT2D eigenvalue weighted by Crippen LogP contribution is -2.21. The summed E-state index contributed by atoms with van der Waals surface area (Å²) in [5, 5.41) is 0. The van der Waals surface area contributed by atoms with Gasteiger partial charge in [-0.15, -0.1) is 0 Å². The van der Waals surface area contributed by atoms with Gasteiger partial charge in [0.05, 0.1) is 6.42 Å². The number of aryl methyl sites for hydroxylation is 1. The highest BCUT2D eigenvalue weighted by Crippen LogP contribution is 2.32. The molecule has 0 bridgehead atoms. The average molecular weight is 294 g/mol. The summed E-state index contributed by atoms with van der Waals surface area (Å²) >= 11 is 0. The van der Waals surface area contributed by atoms with Gasteiger partial charge in [0.25, 0.3) is 0 Å². The van der Waals surface area contributed by atoms with Crippen molar-refractivity contribution in [1.29, 1.82) is 0 Å². The largest absolute Gasteiger partial charge is 0.457 e. The van der Waals surface area contributed by atoms with Crippen molar-refractivity contribution in [2.75, 3.05) is 0 Å². The number of Topliss-reactive ketones (excluding diaryl/α,β-unsaturated/α-hetero) is 2. The molecule has 1 aliphatic rings. The normalized spacial score (nSPS) is 15.9. The molecule has 3 nitrogen and oxygen atoms in total. The van der Waals surface area contributed by atoms with Gasteiger partial charge in [0.1, 0.15) is 23.1 Å². The van der Waals surface area contributed by atoms with E-state index in [2.05, 4.69) is 0 Å². The standard InChI is InChI=1S/C19H18O3/c1-13-5-7-18(8-6-13)22-19-4-2-3-14(11-19)15-9-16(20)12-17(21)10-15/h2-8,11,15H,9-10,12H2,1H3. The topological polar surface area (TPSA) is 43.4 Å². The lowest BCUT2D eigenvalue weighted by Gasteiger charge is -2.20. The lowest BCUT2D eigenvalue weighted by molar-refractivity contribution is -0.130. The first-order chi connectivity index (χ1) is 10.6. The van der Waals surface area contributed by atoms with Crippen molar-refractivity contribution in [2.24, 2.45) is 0 Å². The van der Waals surface area contributed by atoms with Crippen LogP contribution >= 0.6 is 0 Å². The molecule has 0 amide bonds. The van der Waals surface area contributed by atoms with Gasteiger partial charge < -0.3 is 4.74 Å². The molecule has 3 heteroatoms. The van der Waals surface area contributed by atoms with E-state index in [9.17, 15) is 9.59 Å². The van der Waals surface area contributed by atoms with Crippen molar-refractivity contribution >= 4 is 11.6 Å². The van der Waals surface area contributed by atoms with Gasteiger partial charge in [0, 0.05) is 12.8 Å². The molecule has 0 spiro atoms. The van der Waals surface area contributed by atoms with Crippen LogP contribution < -0.4 is 4.74 Å². The number of rotatable bonds is 3. The Labute approximate surface area is 129 Å². The van der Waals surface area contributed by atoms with Crippen molar-refractivity contribution in [1.82, 2.24) is 0 Å². The fourth-order valence-corrected chi connectivity index (χ4v) is 2.80. The Morgan fingerprint density at radius 2 is 1.59 bits per heavy atom. The van der Waals surface area contributed by atoms with Gasteiger partial charge in [-0.25, -0.2) is 0 Å². The Balaban J connectivity index is 1.78. The Bertz CT molecular complexity index is 685. The van der Waals surface area contributed by atoms with Crippen molar-refractivity contribution in [2.45, 2.75) is 32.1 Å². The molecule has 0 atom stereocenters. The summed E-state index contributed by atoms with van der Waals surface area (Å²) in [4.78, 5) is 23.2. The minimum absolute atomic E-state index is 0.0182. The average Bonchev–Trinajstić information content (AvgIpc) is 2.49. The highest BCUT2D eigenvalue weighted by Gasteiger charge is 2.26. The van der Waals surface area contributed by atoms with Crippen LogP contribution in [0.3, 0.4) is 0 Å². The molecule has 112 valence electrons. The molecule has 3 rings (SSSR count). The van der Waals surface area contributed by atoms with Gasteiger partial charge in [-0.2, -0.15) is 0 Å². The van der Waals surface area contributed by atoms with Crippen molar-refractivity contribution < 1.29 is 14.3 Å². The van der Waals surface area contributed by atoms with E-state index in [4.69, 9.17) is 4.74 Å². The minimum Gasteiger partial charge on any atom is -0.457 e. The number of carbonyl (C=O) groups is 2. The van der Waals surface area contributed by atoms with Gasteiger partial charge >= 0.3 is 0 Å². The number of ether oxygens (including phenoxy) is 1. The first-order valence-electron chi connectivity index (χ1n) is 7.48. The van der Waals surface area contributed by atoms with Crippen LogP contribution in [0.15, 0.2) is 48.5 Å². The fourth-order valence-electron chi connectivity index (χ4n) is 2.80. The molecule has 0 saturated heterocycles. The predicted molar refractivity (Wildman–Crippen MR) is 84.3 cm³/mol. The highest BCUT2D eigenvalue weighted by molar-refractivity contribution is 6.02. The maximum Gasteiger partial charge on any atom is 0.140 e. The molecule has 1 fully saturated rings. The van der Waals surface area contributed by atoms with Gasteiger partial charge in [0.2, 0.25) is 0 Å².